The topological polar surface area (TPSA) is 35.5 Å². The molecule has 0 unspecified atom stereocenters. The molecule has 0 heterocycles. The fraction of sp³-hybridized carbons (Fsp3) is 0.0345. The first-order valence-corrected chi connectivity index (χ1v) is 12.4. The Hall–Kier alpha value is -3.81. The van der Waals surface area contributed by atoms with Gasteiger partial charge in [0.05, 0.1) is 5.30 Å². The second-order valence-electron chi connectivity index (χ2n) is 7.80. The van der Waals surface area contributed by atoms with Crippen LogP contribution >= 0.6 is 7.60 Å². The van der Waals surface area contributed by atoms with Crippen LogP contribution in [0.4, 0.5) is 0 Å². The number of benzene rings is 5. The Bertz CT molecular complexity index is 1400. The highest BCUT2D eigenvalue weighted by atomic mass is 31.2. The van der Waals surface area contributed by atoms with Crippen LogP contribution < -0.4 is 14.4 Å². The Morgan fingerprint density at radius 1 is 0.576 bits per heavy atom. The molecule has 5 aromatic rings. The van der Waals surface area contributed by atoms with E-state index >= 15 is 0 Å². The van der Waals surface area contributed by atoms with E-state index in [1.54, 1.807) is 24.3 Å². The molecule has 0 saturated carbocycles. The minimum atomic E-state index is -3.84. The summed E-state index contributed by atoms with van der Waals surface area (Å²) in [6.07, 6.45) is 0. The predicted octanol–water partition coefficient (Wildman–Crippen LogP) is 7.79. The molecule has 0 aliphatic heterocycles. The lowest BCUT2D eigenvalue weighted by atomic mass is 9.95. The van der Waals surface area contributed by atoms with Crippen molar-refractivity contribution in [2.45, 2.75) is 6.92 Å². The average molecular weight is 450 g/mol. The van der Waals surface area contributed by atoms with Crippen molar-refractivity contribution in [3.05, 3.63) is 127 Å². The quantitative estimate of drug-likeness (QED) is 0.248. The van der Waals surface area contributed by atoms with Crippen LogP contribution in [0, 0.1) is 6.92 Å². The van der Waals surface area contributed by atoms with Gasteiger partial charge in [0.2, 0.25) is 0 Å². The van der Waals surface area contributed by atoms with E-state index in [2.05, 4.69) is 31.2 Å². The van der Waals surface area contributed by atoms with Crippen molar-refractivity contribution in [2.75, 3.05) is 0 Å². The van der Waals surface area contributed by atoms with E-state index in [1.165, 1.54) is 0 Å². The van der Waals surface area contributed by atoms with Gasteiger partial charge in [-0.1, -0.05) is 91.0 Å². The number of aryl methyl sites for hydroxylation is 1. The van der Waals surface area contributed by atoms with Gasteiger partial charge in [-0.3, -0.25) is 0 Å². The van der Waals surface area contributed by atoms with Gasteiger partial charge in [0.25, 0.3) is 0 Å². The number of rotatable bonds is 6. The molecule has 0 saturated heterocycles. The first-order chi connectivity index (χ1) is 16.1. The summed E-state index contributed by atoms with van der Waals surface area (Å²) in [6, 6.07) is 38.4. The van der Waals surface area contributed by atoms with E-state index in [9.17, 15) is 4.57 Å². The second kappa shape index (κ2) is 8.97. The molecular formula is C29H23O3P. The Morgan fingerprint density at radius 2 is 1.12 bits per heavy atom. The average Bonchev–Trinajstić information content (AvgIpc) is 2.85. The zero-order chi connectivity index (χ0) is 22.7. The molecule has 33 heavy (non-hydrogen) atoms. The van der Waals surface area contributed by atoms with Gasteiger partial charge in [-0.2, -0.15) is 0 Å². The van der Waals surface area contributed by atoms with Gasteiger partial charge >= 0.3 is 7.60 Å². The molecule has 4 heteroatoms. The van der Waals surface area contributed by atoms with Crippen molar-refractivity contribution < 1.29 is 13.6 Å². The second-order valence-corrected chi connectivity index (χ2v) is 9.64. The lowest BCUT2D eigenvalue weighted by Gasteiger charge is -2.24. The first kappa shape index (κ1) is 21.1. The van der Waals surface area contributed by atoms with Crippen LogP contribution in [0.15, 0.2) is 121 Å². The standard InChI is InChI=1S/C29H23O3P/c1-22-12-8-10-18-26(22)29-27-19-11-9-13-23(27)20-21-28(29)33(30,31-24-14-4-2-5-15-24)32-25-16-6-3-7-17-25/h2-21H,1H3. The summed E-state index contributed by atoms with van der Waals surface area (Å²) in [6.45, 7) is 2.06. The summed E-state index contributed by atoms with van der Waals surface area (Å²) in [5.41, 5.74) is 2.94. The van der Waals surface area contributed by atoms with Gasteiger partial charge in [-0.15, -0.1) is 0 Å². The minimum Gasteiger partial charge on any atom is -0.413 e. The first-order valence-electron chi connectivity index (χ1n) is 10.8. The zero-order valence-corrected chi connectivity index (χ0v) is 19.1. The van der Waals surface area contributed by atoms with Gasteiger partial charge in [0.1, 0.15) is 11.5 Å². The van der Waals surface area contributed by atoms with Crippen LogP contribution in [0.3, 0.4) is 0 Å². The largest absolute Gasteiger partial charge is 0.463 e. The van der Waals surface area contributed by atoms with Crippen molar-refractivity contribution in [3.63, 3.8) is 0 Å². The molecule has 0 aromatic heterocycles. The highest BCUT2D eigenvalue weighted by Gasteiger charge is 2.35. The van der Waals surface area contributed by atoms with Gasteiger partial charge in [0, 0.05) is 5.56 Å². The SMILES string of the molecule is Cc1ccccc1-c1c(P(=O)(Oc2ccccc2)Oc2ccccc2)ccc2ccccc12. The minimum absolute atomic E-state index is 0.487. The Kier molecular flexibility index (Phi) is 5.73. The summed E-state index contributed by atoms with van der Waals surface area (Å²) in [5, 5.41) is 2.59. The summed E-state index contributed by atoms with van der Waals surface area (Å²) in [7, 11) is -3.84. The molecule has 3 nitrogen and oxygen atoms in total. The number of hydrogen-bond donors (Lipinski definition) is 0. The molecular weight excluding hydrogens is 427 g/mol. The molecule has 0 amide bonds. The highest BCUT2D eigenvalue weighted by Crippen LogP contribution is 2.51. The van der Waals surface area contributed by atoms with E-state index in [0.29, 0.717) is 16.8 Å². The van der Waals surface area contributed by atoms with Crippen molar-refractivity contribution in [3.8, 4) is 22.6 Å². The van der Waals surface area contributed by atoms with Crippen molar-refractivity contribution in [1.82, 2.24) is 0 Å². The maximum atomic E-state index is 14.7. The van der Waals surface area contributed by atoms with Gasteiger partial charge in [-0.25, -0.2) is 4.57 Å². The van der Waals surface area contributed by atoms with Crippen LogP contribution in [-0.4, -0.2) is 0 Å². The zero-order valence-electron chi connectivity index (χ0n) is 18.2. The van der Waals surface area contributed by atoms with Crippen LogP contribution in [0.2, 0.25) is 0 Å². The molecule has 0 aliphatic rings. The third-order valence-corrected chi connectivity index (χ3v) is 7.42. The molecule has 0 N–H and O–H groups in total. The van der Waals surface area contributed by atoms with Crippen LogP contribution in [0.25, 0.3) is 21.9 Å². The Labute approximate surface area is 193 Å². The van der Waals surface area contributed by atoms with Crippen molar-refractivity contribution in [1.29, 1.82) is 0 Å². The van der Waals surface area contributed by atoms with Crippen LogP contribution in [0.5, 0.6) is 11.5 Å². The van der Waals surface area contributed by atoms with Crippen LogP contribution in [-0.2, 0) is 4.57 Å². The molecule has 0 atom stereocenters. The molecule has 0 fully saturated rings. The smallest absolute Gasteiger partial charge is 0.413 e. The lowest BCUT2D eigenvalue weighted by molar-refractivity contribution is 0.399. The number of fused-ring (bicyclic) bond motifs is 1. The summed E-state index contributed by atoms with van der Waals surface area (Å²) < 4.78 is 27.0. The van der Waals surface area contributed by atoms with Crippen LogP contribution in [0.1, 0.15) is 5.56 Å². The van der Waals surface area contributed by atoms with Crippen molar-refractivity contribution in [2.24, 2.45) is 0 Å². The van der Waals surface area contributed by atoms with E-state index in [0.717, 1.165) is 27.5 Å². The fourth-order valence-electron chi connectivity index (χ4n) is 3.98. The predicted molar refractivity (Wildman–Crippen MR) is 136 cm³/mol. The Balaban J connectivity index is 1.78. The molecule has 5 rings (SSSR count). The maximum Gasteiger partial charge on any atom is 0.463 e. The van der Waals surface area contributed by atoms with E-state index < -0.39 is 7.60 Å². The fourth-order valence-corrected chi connectivity index (χ4v) is 5.79. The van der Waals surface area contributed by atoms with Gasteiger partial charge < -0.3 is 9.05 Å². The van der Waals surface area contributed by atoms with E-state index in [-0.39, 0.29) is 0 Å². The monoisotopic (exact) mass is 450 g/mol. The molecule has 162 valence electrons. The maximum absolute atomic E-state index is 14.7. The van der Waals surface area contributed by atoms with E-state index in [4.69, 9.17) is 9.05 Å². The number of para-hydroxylation sites is 2. The summed E-state index contributed by atoms with van der Waals surface area (Å²) in [4.78, 5) is 0. The molecule has 0 radical (unpaired) electrons. The van der Waals surface area contributed by atoms with Crippen molar-refractivity contribution >= 4 is 23.7 Å². The normalized spacial score (nSPS) is 11.3. The van der Waals surface area contributed by atoms with E-state index in [1.807, 2.05) is 72.8 Å². The third kappa shape index (κ3) is 4.28. The number of hydrogen-bond acceptors (Lipinski definition) is 3. The van der Waals surface area contributed by atoms with Gasteiger partial charge in [-0.05, 0) is 59.2 Å². The summed E-state index contributed by atoms with van der Waals surface area (Å²) in [5.74, 6) is 0.973. The van der Waals surface area contributed by atoms with Gasteiger partial charge in [0.15, 0.2) is 0 Å². The summed E-state index contributed by atoms with van der Waals surface area (Å²) >= 11 is 0. The third-order valence-electron chi connectivity index (χ3n) is 5.55. The Morgan fingerprint density at radius 3 is 1.76 bits per heavy atom. The molecule has 5 aromatic carbocycles. The highest BCUT2D eigenvalue weighted by molar-refractivity contribution is 7.63. The molecule has 0 bridgehead atoms. The molecule has 0 spiro atoms. The molecule has 0 aliphatic carbocycles. The lowest BCUT2D eigenvalue weighted by Crippen LogP contribution is -2.18.